The Labute approximate surface area is 160 Å². The quantitative estimate of drug-likeness (QED) is 0.808. The maximum atomic E-state index is 12.7. The maximum Gasteiger partial charge on any atom is 0.254 e. The van der Waals surface area contributed by atoms with Crippen molar-refractivity contribution in [3.05, 3.63) is 64.2 Å². The molecular weight excluding hydrogens is 336 g/mol. The summed E-state index contributed by atoms with van der Waals surface area (Å²) < 4.78 is 6.14. The molecule has 4 heteroatoms. The Hall–Kier alpha value is -2.80. The molecule has 2 aromatic rings. The van der Waals surface area contributed by atoms with E-state index < -0.39 is 0 Å². The lowest BCUT2D eigenvalue weighted by Crippen LogP contribution is -2.40. The maximum absolute atomic E-state index is 12.7. The van der Waals surface area contributed by atoms with Crippen molar-refractivity contribution in [1.82, 2.24) is 4.90 Å². The number of ether oxygens (including phenoxy) is 1. The number of amides is 1. The van der Waals surface area contributed by atoms with E-state index in [2.05, 4.69) is 19.1 Å². The van der Waals surface area contributed by atoms with Gasteiger partial charge in [-0.3, -0.25) is 4.79 Å². The fraction of sp³-hybridized carbons (Fsp3) is 0.391. The van der Waals surface area contributed by atoms with Gasteiger partial charge in [-0.05, 0) is 74.9 Å². The summed E-state index contributed by atoms with van der Waals surface area (Å²) in [5.74, 6) is 1.01. The van der Waals surface area contributed by atoms with Gasteiger partial charge in [0.15, 0.2) is 0 Å². The van der Waals surface area contributed by atoms with E-state index in [1.54, 1.807) is 0 Å². The standard InChI is InChI=1S/C23H24N2O2/c1-15-3-10-22-18(11-15)14-25(23(22)26)19-5-8-20(9-6-19)27-21-7-4-17(13-24)16(2)12-21/h3-4,7,10-12,19-20H,5-6,8-9,14H2,1-2H3/t19-,20-. The van der Waals surface area contributed by atoms with Crippen molar-refractivity contribution >= 4 is 5.91 Å². The van der Waals surface area contributed by atoms with Crippen LogP contribution < -0.4 is 4.74 Å². The summed E-state index contributed by atoms with van der Waals surface area (Å²) in [6, 6.07) is 14.2. The van der Waals surface area contributed by atoms with Crippen LogP contribution in [0.25, 0.3) is 0 Å². The van der Waals surface area contributed by atoms with Crippen LogP contribution in [0.2, 0.25) is 0 Å². The van der Waals surface area contributed by atoms with E-state index in [9.17, 15) is 4.79 Å². The van der Waals surface area contributed by atoms with Crippen molar-refractivity contribution in [1.29, 1.82) is 5.26 Å². The first-order valence-electron chi connectivity index (χ1n) is 9.63. The third-order valence-electron chi connectivity index (χ3n) is 5.80. The zero-order valence-electron chi connectivity index (χ0n) is 15.9. The van der Waals surface area contributed by atoms with Gasteiger partial charge in [0.05, 0.1) is 17.7 Å². The lowest BCUT2D eigenvalue weighted by molar-refractivity contribution is 0.0561. The average Bonchev–Trinajstić information content (AvgIpc) is 2.98. The smallest absolute Gasteiger partial charge is 0.254 e. The molecule has 2 aliphatic rings. The van der Waals surface area contributed by atoms with Gasteiger partial charge < -0.3 is 9.64 Å². The van der Waals surface area contributed by atoms with E-state index >= 15 is 0 Å². The highest BCUT2D eigenvalue weighted by Crippen LogP contribution is 2.33. The molecule has 1 aliphatic carbocycles. The second-order valence-corrected chi connectivity index (χ2v) is 7.73. The summed E-state index contributed by atoms with van der Waals surface area (Å²) in [6.45, 7) is 4.74. The minimum absolute atomic E-state index is 0.177. The fourth-order valence-corrected chi connectivity index (χ4v) is 4.27. The van der Waals surface area contributed by atoms with Crippen molar-refractivity contribution in [2.75, 3.05) is 0 Å². The number of aryl methyl sites for hydroxylation is 2. The van der Waals surface area contributed by atoms with E-state index in [0.29, 0.717) is 11.6 Å². The number of fused-ring (bicyclic) bond motifs is 1. The number of nitriles is 1. The molecule has 1 fully saturated rings. The zero-order valence-corrected chi connectivity index (χ0v) is 15.9. The molecule has 0 atom stereocenters. The van der Waals surface area contributed by atoms with Gasteiger partial charge in [-0.2, -0.15) is 5.26 Å². The fourth-order valence-electron chi connectivity index (χ4n) is 4.27. The van der Waals surface area contributed by atoms with Crippen LogP contribution in [-0.4, -0.2) is 23.0 Å². The van der Waals surface area contributed by atoms with Crippen LogP contribution in [0.3, 0.4) is 0 Å². The van der Waals surface area contributed by atoms with Gasteiger partial charge in [0.2, 0.25) is 0 Å². The first kappa shape index (κ1) is 17.6. The van der Waals surface area contributed by atoms with Gasteiger partial charge >= 0.3 is 0 Å². The van der Waals surface area contributed by atoms with E-state index in [0.717, 1.165) is 54.7 Å². The number of benzene rings is 2. The Morgan fingerprint density at radius 1 is 1.07 bits per heavy atom. The summed E-state index contributed by atoms with van der Waals surface area (Å²) in [5.41, 5.74) is 4.87. The van der Waals surface area contributed by atoms with Crippen molar-refractivity contribution in [3.63, 3.8) is 0 Å². The lowest BCUT2D eigenvalue weighted by atomic mass is 9.92. The molecule has 4 nitrogen and oxygen atoms in total. The van der Waals surface area contributed by atoms with Crippen LogP contribution in [0.15, 0.2) is 36.4 Å². The number of nitrogens with zero attached hydrogens (tertiary/aromatic N) is 2. The summed E-state index contributed by atoms with van der Waals surface area (Å²) in [4.78, 5) is 14.8. The monoisotopic (exact) mass is 360 g/mol. The normalized spacial score (nSPS) is 21.7. The molecule has 0 N–H and O–H groups in total. The largest absolute Gasteiger partial charge is 0.490 e. The van der Waals surface area contributed by atoms with Gasteiger partial charge in [0.1, 0.15) is 5.75 Å². The number of hydrogen-bond donors (Lipinski definition) is 0. The summed E-state index contributed by atoms with van der Waals surface area (Å²) in [5, 5.41) is 9.04. The predicted octanol–water partition coefficient (Wildman–Crippen LogP) is 4.52. The highest BCUT2D eigenvalue weighted by molar-refractivity contribution is 5.98. The first-order chi connectivity index (χ1) is 13.0. The minimum Gasteiger partial charge on any atom is -0.490 e. The summed E-state index contributed by atoms with van der Waals surface area (Å²) >= 11 is 0. The number of rotatable bonds is 3. The second-order valence-electron chi connectivity index (χ2n) is 7.73. The third kappa shape index (κ3) is 3.42. The minimum atomic E-state index is 0.177. The molecule has 0 spiro atoms. The van der Waals surface area contributed by atoms with E-state index in [4.69, 9.17) is 10.00 Å². The molecule has 0 bridgehead atoms. The number of hydrogen-bond acceptors (Lipinski definition) is 3. The Bertz CT molecular complexity index is 920. The molecule has 138 valence electrons. The molecule has 27 heavy (non-hydrogen) atoms. The molecular formula is C23H24N2O2. The first-order valence-corrected chi connectivity index (χ1v) is 9.63. The summed E-state index contributed by atoms with van der Waals surface area (Å²) in [6.07, 6.45) is 4.01. The molecule has 0 radical (unpaired) electrons. The molecule has 4 rings (SSSR count). The SMILES string of the molecule is Cc1ccc2c(c1)CN([C@H]1CC[C@H](Oc3ccc(C#N)c(C)c3)CC1)C2=O. The molecule has 1 saturated carbocycles. The Morgan fingerprint density at radius 3 is 2.56 bits per heavy atom. The Balaban J connectivity index is 1.36. The van der Waals surface area contributed by atoms with Crippen molar-refractivity contribution in [2.45, 2.75) is 58.2 Å². The van der Waals surface area contributed by atoms with Crippen LogP contribution in [0, 0.1) is 25.2 Å². The van der Waals surface area contributed by atoms with Crippen molar-refractivity contribution in [2.24, 2.45) is 0 Å². The van der Waals surface area contributed by atoms with Gasteiger partial charge in [-0.15, -0.1) is 0 Å². The highest BCUT2D eigenvalue weighted by Gasteiger charge is 2.35. The van der Waals surface area contributed by atoms with Gasteiger partial charge in [-0.25, -0.2) is 0 Å². The van der Waals surface area contributed by atoms with Gasteiger partial charge in [0, 0.05) is 18.2 Å². The zero-order chi connectivity index (χ0) is 19.0. The lowest BCUT2D eigenvalue weighted by Gasteiger charge is -2.34. The molecule has 1 aliphatic heterocycles. The highest BCUT2D eigenvalue weighted by atomic mass is 16.5. The molecule has 0 unspecified atom stereocenters. The molecule has 0 aromatic heterocycles. The Kier molecular flexibility index (Phi) is 4.61. The van der Waals surface area contributed by atoms with Crippen LogP contribution >= 0.6 is 0 Å². The topological polar surface area (TPSA) is 53.3 Å². The van der Waals surface area contributed by atoms with Crippen LogP contribution in [-0.2, 0) is 6.54 Å². The van der Waals surface area contributed by atoms with Crippen LogP contribution in [0.1, 0.15) is 58.3 Å². The van der Waals surface area contributed by atoms with Crippen LogP contribution in [0.4, 0.5) is 0 Å². The van der Waals surface area contributed by atoms with E-state index in [-0.39, 0.29) is 12.0 Å². The van der Waals surface area contributed by atoms with E-state index in [1.807, 2.05) is 42.2 Å². The Morgan fingerprint density at radius 2 is 1.85 bits per heavy atom. The molecule has 1 amide bonds. The number of carbonyl (C=O) groups is 1. The molecule has 2 aromatic carbocycles. The average molecular weight is 360 g/mol. The summed E-state index contributed by atoms with van der Waals surface area (Å²) in [7, 11) is 0. The van der Waals surface area contributed by atoms with Crippen molar-refractivity contribution < 1.29 is 9.53 Å². The molecule has 0 saturated heterocycles. The van der Waals surface area contributed by atoms with Crippen LogP contribution in [0.5, 0.6) is 5.75 Å². The van der Waals surface area contributed by atoms with E-state index in [1.165, 1.54) is 5.56 Å². The number of carbonyl (C=O) groups excluding carboxylic acids is 1. The third-order valence-corrected chi connectivity index (χ3v) is 5.80. The predicted molar refractivity (Wildman–Crippen MR) is 104 cm³/mol. The molecule has 1 heterocycles. The second kappa shape index (κ2) is 7.08. The van der Waals surface area contributed by atoms with Gasteiger partial charge in [-0.1, -0.05) is 17.7 Å². The van der Waals surface area contributed by atoms with Crippen molar-refractivity contribution in [3.8, 4) is 11.8 Å². The van der Waals surface area contributed by atoms with Gasteiger partial charge in [0.25, 0.3) is 5.91 Å².